The molecule has 0 radical (unpaired) electrons. The lowest BCUT2D eigenvalue weighted by atomic mass is 10.2. The van der Waals surface area contributed by atoms with E-state index in [0.29, 0.717) is 11.1 Å². The Morgan fingerprint density at radius 3 is 3.05 bits per heavy atom. The first-order valence-corrected chi connectivity index (χ1v) is 6.53. The summed E-state index contributed by atoms with van der Waals surface area (Å²) in [5.41, 5.74) is 0.815. The Hall–Kier alpha value is -2.21. The minimum Gasteiger partial charge on any atom is -0.463 e. The van der Waals surface area contributed by atoms with Crippen molar-refractivity contribution < 1.29 is 4.42 Å². The Bertz CT molecular complexity index is 812. The quantitative estimate of drug-likeness (QED) is 0.674. The second-order valence-corrected chi connectivity index (χ2v) is 5.32. The molecule has 0 bridgehead atoms. The number of nitrogens with zero attached hydrogens (tertiary/aromatic N) is 3. The predicted molar refractivity (Wildman–Crippen MR) is 75.1 cm³/mol. The first-order valence-electron chi connectivity index (χ1n) is 5.72. The molecule has 0 aliphatic heterocycles. The van der Waals surface area contributed by atoms with Crippen LogP contribution in [0.3, 0.4) is 0 Å². The lowest BCUT2D eigenvalue weighted by Gasteiger charge is -1.97. The molecular weight excluding hydrogens is 262 g/mol. The second-order valence-electron chi connectivity index (χ2n) is 4.12. The van der Waals surface area contributed by atoms with E-state index in [0.717, 1.165) is 15.3 Å². The summed E-state index contributed by atoms with van der Waals surface area (Å²) in [6.07, 6.45) is 4.47. The first-order chi connectivity index (χ1) is 9.16. The summed E-state index contributed by atoms with van der Waals surface area (Å²) in [6.45, 7) is 3.91. The molecule has 3 aromatic rings. The van der Waals surface area contributed by atoms with E-state index in [-0.39, 0.29) is 5.56 Å². The van der Waals surface area contributed by atoms with Crippen LogP contribution in [-0.2, 0) is 0 Å². The SMILES string of the molecule is Cc1sc2ncn(/N=C\c3ccco3)c(=O)c2c1C. The van der Waals surface area contributed by atoms with Gasteiger partial charge in [-0.05, 0) is 31.5 Å². The molecule has 0 aliphatic carbocycles. The summed E-state index contributed by atoms with van der Waals surface area (Å²) in [4.78, 5) is 18.4. The van der Waals surface area contributed by atoms with Crippen LogP contribution in [0.4, 0.5) is 0 Å². The lowest BCUT2D eigenvalue weighted by Crippen LogP contribution is -2.16. The molecule has 0 atom stereocenters. The third-order valence-electron chi connectivity index (χ3n) is 2.93. The highest BCUT2D eigenvalue weighted by atomic mass is 32.1. The Morgan fingerprint density at radius 1 is 1.47 bits per heavy atom. The molecule has 3 heterocycles. The van der Waals surface area contributed by atoms with Gasteiger partial charge in [-0.15, -0.1) is 11.3 Å². The third-order valence-corrected chi connectivity index (χ3v) is 4.04. The molecule has 5 nitrogen and oxygen atoms in total. The number of fused-ring (bicyclic) bond motifs is 1. The smallest absolute Gasteiger partial charge is 0.282 e. The van der Waals surface area contributed by atoms with Crippen molar-refractivity contribution in [1.82, 2.24) is 9.66 Å². The maximum Gasteiger partial charge on any atom is 0.282 e. The van der Waals surface area contributed by atoms with Crippen LogP contribution in [0, 0.1) is 13.8 Å². The number of aryl methyl sites for hydroxylation is 2. The zero-order chi connectivity index (χ0) is 13.4. The summed E-state index contributed by atoms with van der Waals surface area (Å²) in [7, 11) is 0. The van der Waals surface area contributed by atoms with Gasteiger partial charge in [-0.1, -0.05) is 0 Å². The zero-order valence-corrected chi connectivity index (χ0v) is 11.3. The van der Waals surface area contributed by atoms with E-state index in [1.165, 1.54) is 28.6 Å². The van der Waals surface area contributed by atoms with Crippen molar-refractivity contribution in [2.75, 3.05) is 0 Å². The Balaban J connectivity index is 2.13. The van der Waals surface area contributed by atoms with Gasteiger partial charge in [0, 0.05) is 4.88 Å². The molecule has 0 N–H and O–H groups in total. The van der Waals surface area contributed by atoms with Gasteiger partial charge in [-0.3, -0.25) is 4.79 Å². The van der Waals surface area contributed by atoms with Crippen molar-refractivity contribution >= 4 is 27.8 Å². The van der Waals surface area contributed by atoms with Crippen LogP contribution in [0.5, 0.6) is 0 Å². The fourth-order valence-electron chi connectivity index (χ4n) is 1.79. The maximum absolute atomic E-state index is 12.3. The molecule has 19 heavy (non-hydrogen) atoms. The minimum atomic E-state index is -0.158. The minimum absolute atomic E-state index is 0.158. The summed E-state index contributed by atoms with van der Waals surface area (Å²) in [5, 5.41) is 4.72. The monoisotopic (exact) mass is 273 g/mol. The van der Waals surface area contributed by atoms with E-state index in [9.17, 15) is 4.79 Å². The molecule has 0 saturated carbocycles. The van der Waals surface area contributed by atoms with Crippen molar-refractivity contribution in [2.45, 2.75) is 13.8 Å². The molecule has 6 heteroatoms. The molecule has 0 unspecified atom stereocenters. The van der Waals surface area contributed by atoms with Gasteiger partial charge in [0.15, 0.2) is 0 Å². The first kappa shape index (κ1) is 11.9. The molecular formula is C13H11N3O2S. The number of furan rings is 1. The number of rotatable bonds is 2. The highest BCUT2D eigenvalue weighted by molar-refractivity contribution is 7.18. The maximum atomic E-state index is 12.3. The second kappa shape index (κ2) is 4.47. The van der Waals surface area contributed by atoms with E-state index in [2.05, 4.69) is 10.1 Å². The van der Waals surface area contributed by atoms with Gasteiger partial charge in [-0.2, -0.15) is 9.78 Å². The topological polar surface area (TPSA) is 60.4 Å². The van der Waals surface area contributed by atoms with Gasteiger partial charge < -0.3 is 4.42 Å². The van der Waals surface area contributed by atoms with Crippen LogP contribution in [-0.4, -0.2) is 15.9 Å². The van der Waals surface area contributed by atoms with Crippen LogP contribution in [0.15, 0.2) is 39.0 Å². The normalized spacial score (nSPS) is 11.7. The lowest BCUT2D eigenvalue weighted by molar-refractivity contribution is 0.559. The van der Waals surface area contributed by atoms with E-state index in [1.807, 2.05) is 13.8 Å². The summed E-state index contributed by atoms with van der Waals surface area (Å²) >= 11 is 1.52. The van der Waals surface area contributed by atoms with Crippen LogP contribution in [0.2, 0.25) is 0 Å². The molecule has 0 spiro atoms. The Labute approximate surface area is 112 Å². The third kappa shape index (κ3) is 2.00. The van der Waals surface area contributed by atoms with E-state index < -0.39 is 0 Å². The number of hydrogen-bond donors (Lipinski definition) is 0. The van der Waals surface area contributed by atoms with Crippen molar-refractivity contribution in [2.24, 2.45) is 5.10 Å². The van der Waals surface area contributed by atoms with Gasteiger partial charge >= 0.3 is 0 Å². The van der Waals surface area contributed by atoms with Crippen molar-refractivity contribution in [3.63, 3.8) is 0 Å². The predicted octanol–water partition coefficient (Wildman–Crippen LogP) is 2.55. The van der Waals surface area contributed by atoms with Crippen LogP contribution in [0.25, 0.3) is 10.2 Å². The average Bonchev–Trinajstić information content (AvgIpc) is 2.99. The van der Waals surface area contributed by atoms with Gasteiger partial charge in [0.25, 0.3) is 5.56 Å². The van der Waals surface area contributed by atoms with E-state index in [1.54, 1.807) is 18.4 Å². The number of hydrogen-bond acceptors (Lipinski definition) is 5. The van der Waals surface area contributed by atoms with E-state index in [4.69, 9.17) is 4.42 Å². The van der Waals surface area contributed by atoms with Crippen LogP contribution >= 0.6 is 11.3 Å². The zero-order valence-electron chi connectivity index (χ0n) is 10.5. The van der Waals surface area contributed by atoms with Gasteiger partial charge in [0.1, 0.15) is 16.9 Å². The molecule has 0 fully saturated rings. The van der Waals surface area contributed by atoms with Crippen molar-refractivity contribution in [3.05, 3.63) is 51.3 Å². The van der Waals surface area contributed by atoms with Crippen LogP contribution in [0.1, 0.15) is 16.2 Å². The number of aromatic nitrogens is 2. The molecule has 0 aromatic carbocycles. The summed E-state index contributed by atoms with van der Waals surface area (Å²) in [5.74, 6) is 0.588. The van der Waals surface area contributed by atoms with Gasteiger partial charge in [0.05, 0.1) is 17.9 Å². The van der Waals surface area contributed by atoms with Gasteiger partial charge in [0.2, 0.25) is 0 Å². The summed E-state index contributed by atoms with van der Waals surface area (Å²) < 4.78 is 6.35. The molecule has 0 amide bonds. The molecule has 0 aliphatic rings. The Kier molecular flexibility index (Phi) is 2.79. The average molecular weight is 273 g/mol. The fourth-order valence-corrected chi connectivity index (χ4v) is 2.78. The van der Waals surface area contributed by atoms with Crippen molar-refractivity contribution in [1.29, 1.82) is 0 Å². The van der Waals surface area contributed by atoms with E-state index >= 15 is 0 Å². The molecule has 3 rings (SSSR count). The highest BCUT2D eigenvalue weighted by Crippen LogP contribution is 2.25. The molecule has 0 saturated heterocycles. The van der Waals surface area contributed by atoms with Crippen LogP contribution < -0.4 is 5.56 Å². The van der Waals surface area contributed by atoms with Gasteiger partial charge in [-0.25, -0.2) is 4.98 Å². The molecule has 3 aromatic heterocycles. The highest BCUT2D eigenvalue weighted by Gasteiger charge is 2.11. The molecule has 96 valence electrons. The fraction of sp³-hybridized carbons (Fsp3) is 0.154. The van der Waals surface area contributed by atoms with Crippen molar-refractivity contribution in [3.8, 4) is 0 Å². The standard InChI is InChI=1S/C13H11N3O2S/c1-8-9(2)19-12-11(8)13(17)16(7-14-12)15-6-10-4-3-5-18-10/h3-7H,1-2H3/b15-6-. The Morgan fingerprint density at radius 2 is 2.32 bits per heavy atom. The number of thiophene rings is 1. The largest absolute Gasteiger partial charge is 0.463 e. The summed E-state index contributed by atoms with van der Waals surface area (Å²) in [6, 6.07) is 3.53.